The van der Waals surface area contributed by atoms with Crippen molar-refractivity contribution >= 4 is 11.7 Å². The fourth-order valence-electron chi connectivity index (χ4n) is 3.13. The molecule has 0 saturated heterocycles. The number of ketones is 1. The van der Waals surface area contributed by atoms with E-state index in [1.165, 1.54) is 0 Å². The van der Waals surface area contributed by atoms with Gasteiger partial charge in [-0.05, 0) is 31.9 Å². The largest absolute Gasteiger partial charge is 0.487 e. The van der Waals surface area contributed by atoms with Gasteiger partial charge < -0.3 is 10.1 Å². The van der Waals surface area contributed by atoms with Crippen LogP contribution in [-0.2, 0) is 16.0 Å². The maximum atomic E-state index is 12.0. The number of amides is 1. The molecule has 0 aliphatic carbocycles. The molecule has 1 amide bonds. The molecule has 27 heavy (non-hydrogen) atoms. The second-order valence-corrected chi connectivity index (χ2v) is 7.07. The molecule has 2 atom stereocenters. The van der Waals surface area contributed by atoms with Gasteiger partial charge in [0.15, 0.2) is 0 Å². The van der Waals surface area contributed by atoms with Crippen LogP contribution in [0.3, 0.4) is 0 Å². The Bertz CT molecular complexity index is 879. The van der Waals surface area contributed by atoms with Gasteiger partial charge in [0.25, 0.3) is 5.91 Å². The summed E-state index contributed by atoms with van der Waals surface area (Å²) >= 11 is 0. The molecule has 0 radical (unpaired) electrons. The van der Waals surface area contributed by atoms with E-state index in [1.807, 2.05) is 39.0 Å². The van der Waals surface area contributed by atoms with Crippen LogP contribution < -0.4 is 10.1 Å². The molecular formula is C21H25N3O3. The van der Waals surface area contributed by atoms with E-state index in [1.54, 1.807) is 13.1 Å². The zero-order valence-corrected chi connectivity index (χ0v) is 16.2. The molecule has 2 unspecified atom stereocenters. The predicted molar refractivity (Wildman–Crippen MR) is 103 cm³/mol. The van der Waals surface area contributed by atoms with E-state index in [0.717, 1.165) is 34.0 Å². The van der Waals surface area contributed by atoms with Crippen LogP contribution in [0.15, 0.2) is 24.4 Å². The number of para-hydroxylation sites is 1. The van der Waals surface area contributed by atoms with E-state index >= 15 is 0 Å². The average molecular weight is 367 g/mol. The molecule has 2 aromatic rings. The Kier molecular flexibility index (Phi) is 5.54. The Morgan fingerprint density at radius 2 is 2.11 bits per heavy atom. The van der Waals surface area contributed by atoms with Crippen LogP contribution in [-0.4, -0.2) is 34.3 Å². The van der Waals surface area contributed by atoms with E-state index in [9.17, 15) is 9.59 Å². The van der Waals surface area contributed by atoms with Crippen molar-refractivity contribution in [2.45, 2.75) is 46.6 Å². The molecule has 2 heterocycles. The lowest BCUT2D eigenvalue weighted by atomic mass is 10.0. The summed E-state index contributed by atoms with van der Waals surface area (Å²) in [6, 6.07) is 5.97. The number of nitrogens with one attached hydrogen (secondary N) is 1. The van der Waals surface area contributed by atoms with Crippen LogP contribution in [0.25, 0.3) is 11.3 Å². The van der Waals surface area contributed by atoms with Gasteiger partial charge in [0.1, 0.15) is 11.9 Å². The fraction of sp³-hybridized carbons (Fsp3) is 0.429. The third-order valence-corrected chi connectivity index (χ3v) is 4.93. The first kappa shape index (κ1) is 19.0. The monoisotopic (exact) mass is 367 g/mol. The Morgan fingerprint density at radius 3 is 2.85 bits per heavy atom. The van der Waals surface area contributed by atoms with Gasteiger partial charge in [0, 0.05) is 24.1 Å². The number of nitrogens with zero attached hydrogens (tertiary/aromatic N) is 2. The second-order valence-electron chi connectivity index (χ2n) is 7.07. The van der Waals surface area contributed by atoms with Gasteiger partial charge in [0.05, 0.1) is 23.6 Å². The highest BCUT2D eigenvalue weighted by Gasteiger charge is 2.28. The van der Waals surface area contributed by atoms with Crippen molar-refractivity contribution in [3.8, 4) is 17.0 Å². The summed E-state index contributed by atoms with van der Waals surface area (Å²) in [5.74, 6) is -0.391. The summed E-state index contributed by atoms with van der Waals surface area (Å²) in [7, 11) is 0. The Balaban J connectivity index is 1.73. The van der Waals surface area contributed by atoms with E-state index in [4.69, 9.17) is 4.74 Å². The number of fused-ring (bicyclic) bond motifs is 1. The first-order valence-electron chi connectivity index (χ1n) is 9.31. The average Bonchev–Trinajstić information content (AvgIpc) is 3.09. The zero-order valence-electron chi connectivity index (χ0n) is 16.2. The van der Waals surface area contributed by atoms with Crippen LogP contribution in [0.2, 0.25) is 0 Å². The lowest BCUT2D eigenvalue weighted by Crippen LogP contribution is -2.40. The van der Waals surface area contributed by atoms with Gasteiger partial charge in [-0.15, -0.1) is 0 Å². The maximum absolute atomic E-state index is 12.0. The second kappa shape index (κ2) is 7.86. The smallest absolute Gasteiger partial charge is 0.287 e. The number of ether oxygens (including phenoxy) is 1. The van der Waals surface area contributed by atoms with Crippen molar-refractivity contribution in [1.29, 1.82) is 0 Å². The molecule has 1 aliphatic heterocycles. The molecule has 3 rings (SSSR count). The Hall–Kier alpha value is -2.76. The molecule has 0 bridgehead atoms. The fourth-order valence-corrected chi connectivity index (χ4v) is 3.13. The number of Topliss-reactive ketones (excluding diaryl/α,β-unsaturated/α-hetero) is 1. The molecular weight excluding hydrogens is 342 g/mol. The van der Waals surface area contributed by atoms with Crippen molar-refractivity contribution in [2.75, 3.05) is 6.54 Å². The third kappa shape index (κ3) is 3.99. The minimum absolute atomic E-state index is 0.201. The van der Waals surface area contributed by atoms with Gasteiger partial charge >= 0.3 is 0 Å². The third-order valence-electron chi connectivity index (χ3n) is 4.93. The van der Waals surface area contributed by atoms with Crippen molar-refractivity contribution < 1.29 is 14.3 Å². The summed E-state index contributed by atoms with van der Waals surface area (Å²) in [6.45, 7) is 7.79. The standard InChI is InChI=1S/C21H25N3O3/c1-5-12(2)19(25)21(26)23-11-16-9-15-7-6-8-17(20(15)27-16)18-14(4)22-10-13(3)24-18/h6-8,10,12,16H,5,9,11H2,1-4H3,(H,23,26). The highest BCUT2D eigenvalue weighted by molar-refractivity contribution is 6.36. The summed E-state index contributed by atoms with van der Waals surface area (Å²) in [4.78, 5) is 33.0. The minimum Gasteiger partial charge on any atom is -0.487 e. The maximum Gasteiger partial charge on any atom is 0.287 e. The van der Waals surface area contributed by atoms with Gasteiger partial charge in [-0.1, -0.05) is 26.0 Å². The molecule has 0 spiro atoms. The van der Waals surface area contributed by atoms with E-state index in [0.29, 0.717) is 19.4 Å². The summed E-state index contributed by atoms with van der Waals surface area (Å²) in [5.41, 5.74) is 4.48. The van der Waals surface area contributed by atoms with Gasteiger partial charge in [-0.25, -0.2) is 4.98 Å². The van der Waals surface area contributed by atoms with Crippen LogP contribution in [0.5, 0.6) is 5.75 Å². The number of hydrogen-bond acceptors (Lipinski definition) is 5. The molecule has 6 nitrogen and oxygen atoms in total. The number of carbonyl (C=O) groups is 2. The minimum atomic E-state index is -0.537. The van der Waals surface area contributed by atoms with Crippen LogP contribution in [0.1, 0.15) is 37.2 Å². The normalized spacial score (nSPS) is 16.4. The highest BCUT2D eigenvalue weighted by Crippen LogP contribution is 2.38. The van der Waals surface area contributed by atoms with Crippen molar-refractivity contribution in [3.63, 3.8) is 0 Å². The van der Waals surface area contributed by atoms with Crippen molar-refractivity contribution in [1.82, 2.24) is 15.3 Å². The first-order chi connectivity index (χ1) is 12.9. The Labute approximate surface area is 159 Å². The number of carbonyl (C=O) groups excluding carboxylic acids is 2. The predicted octanol–water partition coefficient (Wildman–Crippen LogP) is 2.80. The molecule has 142 valence electrons. The quantitative estimate of drug-likeness (QED) is 0.794. The number of aryl methyl sites for hydroxylation is 2. The number of benzene rings is 1. The number of aromatic nitrogens is 2. The molecule has 0 fully saturated rings. The van der Waals surface area contributed by atoms with Gasteiger partial charge in [-0.3, -0.25) is 14.6 Å². The highest BCUT2D eigenvalue weighted by atomic mass is 16.5. The molecule has 1 aromatic carbocycles. The molecule has 6 heteroatoms. The van der Waals surface area contributed by atoms with Crippen LogP contribution in [0.4, 0.5) is 0 Å². The Morgan fingerprint density at radius 1 is 1.33 bits per heavy atom. The number of hydrogen-bond donors (Lipinski definition) is 1. The molecule has 1 N–H and O–H groups in total. The summed E-state index contributed by atoms with van der Waals surface area (Å²) in [5, 5.41) is 2.71. The van der Waals surface area contributed by atoms with E-state index in [2.05, 4.69) is 15.3 Å². The lowest BCUT2D eigenvalue weighted by Gasteiger charge is -2.14. The summed E-state index contributed by atoms with van der Waals surface area (Å²) in [6.07, 6.45) is 2.88. The van der Waals surface area contributed by atoms with Crippen LogP contribution >= 0.6 is 0 Å². The molecule has 1 aromatic heterocycles. The summed E-state index contributed by atoms with van der Waals surface area (Å²) < 4.78 is 6.11. The molecule has 1 aliphatic rings. The zero-order chi connectivity index (χ0) is 19.6. The first-order valence-corrected chi connectivity index (χ1v) is 9.31. The molecule has 0 saturated carbocycles. The SMILES string of the molecule is CCC(C)C(=O)C(=O)NCC1Cc2cccc(-c3nc(C)cnc3C)c2O1. The van der Waals surface area contributed by atoms with Gasteiger partial charge in [-0.2, -0.15) is 0 Å². The van der Waals surface area contributed by atoms with E-state index in [-0.39, 0.29) is 17.8 Å². The van der Waals surface area contributed by atoms with Crippen molar-refractivity contribution in [3.05, 3.63) is 41.3 Å². The topological polar surface area (TPSA) is 81.2 Å². The lowest BCUT2D eigenvalue weighted by molar-refractivity contribution is -0.140. The van der Waals surface area contributed by atoms with Crippen LogP contribution in [0, 0.1) is 19.8 Å². The van der Waals surface area contributed by atoms with Gasteiger partial charge in [0.2, 0.25) is 5.78 Å². The number of rotatable bonds is 6. The van der Waals surface area contributed by atoms with E-state index < -0.39 is 5.91 Å². The van der Waals surface area contributed by atoms with Crippen molar-refractivity contribution in [2.24, 2.45) is 5.92 Å².